The van der Waals surface area contributed by atoms with Crippen LogP contribution in [0.4, 0.5) is 5.69 Å². The monoisotopic (exact) mass is 511 g/mol. The number of anilines is 1. The first-order valence-electron chi connectivity index (χ1n) is 10.9. The molecule has 0 spiro atoms. The minimum atomic E-state index is -0.183. The molecule has 0 atom stereocenters. The van der Waals surface area contributed by atoms with Gasteiger partial charge in [-0.3, -0.25) is 14.2 Å². The minimum absolute atomic E-state index is 0.0928. The Kier molecular flexibility index (Phi) is 6.63. The Bertz CT molecular complexity index is 1410. The van der Waals surface area contributed by atoms with Gasteiger partial charge in [0.05, 0.1) is 23.9 Å². The van der Waals surface area contributed by atoms with Gasteiger partial charge in [-0.2, -0.15) is 0 Å². The number of carbonyl (C=O) groups is 1. The zero-order chi connectivity index (χ0) is 23.7. The molecular formula is C25H22ClN3O3S2. The Morgan fingerprint density at radius 1 is 1.15 bits per heavy atom. The predicted octanol–water partition coefficient (Wildman–Crippen LogP) is 5.72. The van der Waals surface area contributed by atoms with Crippen LogP contribution >= 0.6 is 34.7 Å². The summed E-state index contributed by atoms with van der Waals surface area (Å²) in [6.45, 7) is 0. The van der Waals surface area contributed by atoms with Gasteiger partial charge in [-0.15, -0.1) is 11.3 Å². The number of aromatic nitrogens is 2. The number of thiophene rings is 1. The lowest BCUT2D eigenvalue weighted by molar-refractivity contribution is -0.113. The van der Waals surface area contributed by atoms with Crippen LogP contribution in [0.15, 0.2) is 58.5 Å². The summed E-state index contributed by atoms with van der Waals surface area (Å²) < 4.78 is 6.76. The highest BCUT2D eigenvalue weighted by Crippen LogP contribution is 2.35. The third-order valence-electron chi connectivity index (χ3n) is 5.75. The topological polar surface area (TPSA) is 73.2 Å². The lowest BCUT2D eigenvalue weighted by Gasteiger charge is -2.14. The molecule has 4 aromatic rings. The van der Waals surface area contributed by atoms with E-state index in [4.69, 9.17) is 21.3 Å². The van der Waals surface area contributed by atoms with Gasteiger partial charge < -0.3 is 10.1 Å². The van der Waals surface area contributed by atoms with Crippen LogP contribution in [0, 0.1) is 0 Å². The number of amides is 1. The third kappa shape index (κ3) is 4.58. The number of benzene rings is 2. The molecule has 34 heavy (non-hydrogen) atoms. The smallest absolute Gasteiger partial charge is 0.267 e. The van der Waals surface area contributed by atoms with Crippen LogP contribution in [0.3, 0.4) is 0 Å². The molecule has 0 bridgehead atoms. The van der Waals surface area contributed by atoms with E-state index in [-0.39, 0.29) is 17.2 Å². The SMILES string of the molecule is COc1ccc(NC(=O)CSc2nc3sc4c(c3c(=O)n2-c2ccc(Cl)cc2)CCCC4)cc1. The second kappa shape index (κ2) is 9.82. The minimum Gasteiger partial charge on any atom is -0.497 e. The van der Waals surface area contributed by atoms with E-state index in [1.54, 1.807) is 71.5 Å². The molecule has 0 saturated carbocycles. The highest BCUT2D eigenvalue weighted by atomic mass is 35.5. The molecule has 5 rings (SSSR count). The van der Waals surface area contributed by atoms with Gasteiger partial charge in [0.25, 0.3) is 5.56 Å². The highest BCUT2D eigenvalue weighted by molar-refractivity contribution is 7.99. The molecule has 1 aliphatic rings. The Labute approximate surface area is 209 Å². The zero-order valence-corrected chi connectivity index (χ0v) is 20.9. The van der Waals surface area contributed by atoms with Gasteiger partial charge in [0, 0.05) is 15.6 Å². The van der Waals surface area contributed by atoms with Crippen LogP contribution in [0.1, 0.15) is 23.3 Å². The fourth-order valence-corrected chi connectivity index (χ4v) is 6.34. The molecule has 174 valence electrons. The largest absolute Gasteiger partial charge is 0.497 e. The van der Waals surface area contributed by atoms with E-state index >= 15 is 0 Å². The number of fused-ring (bicyclic) bond motifs is 3. The van der Waals surface area contributed by atoms with Gasteiger partial charge in [0.1, 0.15) is 10.6 Å². The van der Waals surface area contributed by atoms with Crippen LogP contribution in [0.2, 0.25) is 5.02 Å². The molecule has 1 aliphatic carbocycles. The van der Waals surface area contributed by atoms with Crippen LogP contribution in [-0.4, -0.2) is 28.3 Å². The molecule has 1 N–H and O–H groups in total. The van der Waals surface area contributed by atoms with E-state index in [1.165, 1.54) is 16.6 Å². The normalized spacial score (nSPS) is 13.0. The van der Waals surface area contributed by atoms with Gasteiger partial charge in [-0.1, -0.05) is 23.4 Å². The Balaban J connectivity index is 1.48. The standard InChI is InChI=1S/C25H22ClN3O3S2/c1-32-18-12-8-16(9-13-18)27-21(30)14-33-25-28-23-22(19-4-2-3-5-20(19)34-23)24(31)29(25)17-10-6-15(26)7-11-17/h6-13H,2-5,14H2,1H3,(H,27,30). The van der Waals surface area contributed by atoms with E-state index in [2.05, 4.69) is 5.32 Å². The van der Waals surface area contributed by atoms with Crippen molar-refractivity contribution in [3.05, 3.63) is 74.3 Å². The summed E-state index contributed by atoms with van der Waals surface area (Å²) in [6, 6.07) is 14.2. The van der Waals surface area contributed by atoms with Gasteiger partial charge >= 0.3 is 0 Å². The Morgan fingerprint density at radius 2 is 1.88 bits per heavy atom. The summed E-state index contributed by atoms with van der Waals surface area (Å²) in [7, 11) is 1.60. The van der Waals surface area contributed by atoms with Crippen molar-refractivity contribution < 1.29 is 9.53 Å². The van der Waals surface area contributed by atoms with Crippen molar-refractivity contribution in [3.63, 3.8) is 0 Å². The van der Waals surface area contributed by atoms with Crippen molar-refractivity contribution in [1.29, 1.82) is 0 Å². The van der Waals surface area contributed by atoms with Crippen LogP contribution in [0.25, 0.3) is 15.9 Å². The number of methoxy groups -OCH3 is 1. The number of rotatable bonds is 6. The number of halogens is 1. The number of aryl methyl sites for hydroxylation is 2. The average Bonchev–Trinajstić information content (AvgIpc) is 3.23. The fraction of sp³-hybridized carbons (Fsp3) is 0.240. The number of hydrogen-bond donors (Lipinski definition) is 1. The van der Waals surface area contributed by atoms with E-state index in [9.17, 15) is 9.59 Å². The number of hydrogen-bond acceptors (Lipinski definition) is 6. The second-order valence-corrected chi connectivity index (χ2v) is 10.4. The molecule has 9 heteroatoms. The van der Waals surface area contributed by atoms with Gasteiger partial charge in [-0.05, 0) is 79.8 Å². The van der Waals surface area contributed by atoms with Crippen LogP contribution in [-0.2, 0) is 17.6 Å². The van der Waals surface area contributed by atoms with Crippen molar-refractivity contribution >= 4 is 56.5 Å². The third-order valence-corrected chi connectivity index (χ3v) is 8.13. The zero-order valence-electron chi connectivity index (χ0n) is 18.5. The van der Waals surface area contributed by atoms with E-state index < -0.39 is 0 Å². The van der Waals surface area contributed by atoms with E-state index in [0.29, 0.717) is 26.9 Å². The lowest BCUT2D eigenvalue weighted by Crippen LogP contribution is -2.23. The van der Waals surface area contributed by atoms with Gasteiger partial charge in [0.2, 0.25) is 5.91 Å². The first-order valence-corrected chi connectivity index (χ1v) is 13.1. The lowest BCUT2D eigenvalue weighted by atomic mass is 9.97. The summed E-state index contributed by atoms with van der Waals surface area (Å²) in [6.07, 6.45) is 4.12. The molecule has 2 aromatic heterocycles. The molecule has 2 heterocycles. The van der Waals surface area contributed by atoms with Gasteiger partial charge in [-0.25, -0.2) is 4.98 Å². The first-order chi connectivity index (χ1) is 16.5. The number of nitrogens with zero attached hydrogens (tertiary/aromatic N) is 2. The van der Waals surface area contributed by atoms with Crippen LogP contribution < -0.4 is 15.6 Å². The summed E-state index contributed by atoms with van der Waals surface area (Å²) in [5.41, 5.74) is 2.40. The molecule has 0 radical (unpaired) electrons. The number of nitrogens with one attached hydrogen (secondary N) is 1. The molecule has 0 aliphatic heterocycles. The van der Waals surface area contributed by atoms with E-state index in [1.807, 2.05) is 0 Å². The summed E-state index contributed by atoms with van der Waals surface area (Å²) in [5.74, 6) is 0.649. The van der Waals surface area contributed by atoms with Crippen molar-refractivity contribution in [2.75, 3.05) is 18.2 Å². The molecule has 1 amide bonds. The van der Waals surface area contributed by atoms with E-state index in [0.717, 1.165) is 41.8 Å². The summed E-state index contributed by atoms with van der Waals surface area (Å²) in [4.78, 5) is 33.2. The molecular weight excluding hydrogens is 490 g/mol. The maximum Gasteiger partial charge on any atom is 0.267 e. The Hall–Kier alpha value is -2.81. The highest BCUT2D eigenvalue weighted by Gasteiger charge is 2.23. The molecule has 2 aromatic carbocycles. The quantitative estimate of drug-likeness (QED) is 0.265. The van der Waals surface area contributed by atoms with Crippen LogP contribution in [0.5, 0.6) is 5.75 Å². The number of carbonyl (C=O) groups excluding carboxylic acids is 1. The number of thioether (sulfide) groups is 1. The van der Waals surface area contributed by atoms with Gasteiger partial charge in [0.15, 0.2) is 5.16 Å². The average molecular weight is 512 g/mol. The summed E-state index contributed by atoms with van der Waals surface area (Å²) in [5, 5.41) is 4.67. The van der Waals surface area contributed by atoms with Crippen molar-refractivity contribution in [1.82, 2.24) is 9.55 Å². The second-order valence-electron chi connectivity index (χ2n) is 7.97. The number of ether oxygens (including phenoxy) is 1. The molecule has 0 saturated heterocycles. The maximum atomic E-state index is 13.7. The molecule has 6 nitrogen and oxygen atoms in total. The van der Waals surface area contributed by atoms with Crippen molar-refractivity contribution in [2.45, 2.75) is 30.8 Å². The summed E-state index contributed by atoms with van der Waals surface area (Å²) >= 11 is 8.93. The Morgan fingerprint density at radius 3 is 2.62 bits per heavy atom. The predicted molar refractivity (Wildman–Crippen MR) is 139 cm³/mol. The fourth-order valence-electron chi connectivity index (χ4n) is 4.10. The van der Waals surface area contributed by atoms with Crippen molar-refractivity contribution in [3.8, 4) is 11.4 Å². The maximum absolute atomic E-state index is 13.7. The molecule has 0 unspecified atom stereocenters. The van der Waals surface area contributed by atoms with Crippen molar-refractivity contribution in [2.24, 2.45) is 0 Å². The first kappa shape index (κ1) is 23.0. The molecule has 0 fully saturated rings.